The van der Waals surface area contributed by atoms with Crippen LogP contribution in [0, 0.1) is 0 Å². The van der Waals surface area contributed by atoms with Crippen LogP contribution in [0.3, 0.4) is 0 Å². The maximum Gasteiger partial charge on any atom is 0.335 e. The summed E-state index contributed by atoms with van der Waals surface area (Å²) in [5.41, 5.74) is 0.137. The summed E-state index contributed by atoms with van der Waals surface area (Å²) in [4.78, 5) is 21.9. The Labute approximate surface area is 110 Å². The predicted molar refractivity (Wildman–Crippen MR) is 66.6 cm³/mol. The molecule has 1 aliphatic heterocycles. The van der Waals surface area contributed by atoms with Crippen LogP contribution in [0.4, 0.5) is 0 Å². The molecule has 102 valence electrons. The summed E-state index contributed by atoms with van der Waals surface area (Å²) < 4.78 is 10.7. The van der Waals surface area contributed by atoms with Gasteiger partial charge in [0.1, 0.15) is 6.61 Å². The molecule has 6 heteroatoms. The Bertz CT molecular complexity index is 500. The molecule has 0 spiro atoms. The van der Waals surface area contributed by atoms with E-state index < -0.39 is 5.97 Å². The monoisotopic (exact) mass is 265 g/mol. The molecular formula is C13H15NO5. The lowest BCUT2D eigenvalue weighted by Crippen LogP contribution is -2.30. The van der Waals surface area contributed by atoms with Crippen molar-refractivity contribution >= 4 is 11.9 Å². The third-order valence-corrected chi connectivity index (χ3v) is 2.94. The van der Waals surface area contributed by atoms with E-state index in [0.29, 0.717) is 24.5 Å². The van der Waals surface area contributed by atoms with Crippen LogP contribution in [-0.2, 0) is 4.79 Å². The van der Waals surface area contributed by atoms with E-state index in [1.165, 1.54) is 19.2 Å². The fraction of sp³-hybridized carbons (Fsp3) is 0.385. The number of rotatable bonds is 5. The van der Waals surface area contributed by atoms with Gasteiger partial charge in [0.15, 0.2) is 11.5 Å². The molecule has 1 heterocycles. The Morgan fingerprint density at radius 1 is 1.47 bits per heavy atom. The van der Waals surface area contributed by atoms with Crippen molar-refractivity contribution in [3.05, 3.63) is 23.8 Å². The van der Waals surface area contributed by atoms with Crippen molar-refractivity contribution in [2.45, 2.75) is 18.9 Å². The number of carboxylic acids is 1. The minimum atomic E-state index is -1.02. The molecule has 1 saturated heterocycles. The summed E-state index contributed by atoms with van der Waals surface area (Å²) in [5, 5.41) is 11.7. The molecule has 2 rings (SSSR count). The minimum Gasteiger partial charge on any atom is -0.493 e. The van der Waals surface area contributed by atoms with Crippen LogP contribution in [0.25, 0.3) is 0 Å². The summed E-state index contributed by atoms with van der Waals surface area (Å²) in [5.74, 6) is -0.160. The second-order valence-electron chi connectivity index (χ2n) is 4.28. The number of nitrogens with one attached hydrogen (secondary N) is 1. The molecule has 0 aliphatic carbocycles. The van der Waals surface area contributed by atoms with Gasteiger partial charge in [-0.3, -0.25) is 4.79 Å². The quantitative estimate of drug-likeness (QED) is 0.831. The van der Waals surface area contributed by atoms with E-state index in [4.69, 9.17) is 14.6 Å². The molecule has 1 aromatic carbocycles. The van der Waals surface area contributed by atoms with Crippen LogP contribution < -0.4 is 14.8 Å². The SMILES string of the molecule is COc1cc(C(=O)O)ccc1OCC1CCC(=O)N1. The predicted octanol–water partition coefficient (Wildman–Crippen LogP) is 1.05. The number of benzene rings is 1. The molecule has 1 amide bonds. The first kappa shape index (κ1) is 13.2. The van der Waals surface area contributed by atoms with E-state index in [-0.39, 0.29) is 17.5 Å². The highest BCUT2D eigenvalue weighted by Gasteiger charge is 2.21. The van der Waals surface area contributed by atoms with Gasteiger partial charge in [-0.1, -0.05) is 0 Å². The van der Waals surface area contributed by atoms with Crippen molar-refractivity contribution in [1.29, 1.82) is 0 Å². The maximum absolute atomic E-state index is 11.1. The molecule has 19 heavy (non-hydrogen) atoms. The van der Waals surface area contributed by atoms with Crippen LogP contribution in [0.5, 0.6) is 11.5 Å². The summed E-state index contributed by atoms with van der Waals surface area (Å²) in [6.07, 6.45) is 1.26. The molecule has 1 aromatic rings. The zero-order valence-electron chi connectivity index (χ0n) is 10.5. The highest BCUT2D eigenvalue weighted by atomic mass is 16.5. The van der Waals surface area contributed by atoms with Gasteiger partial charge in [-0.15, -0.1) is 0 Å². The number of hydrogen-bond acceptors (Lipinski definition) is 4. The molecule has 6 nitrogen and oxygen atoms in total. The molecule has 1 atom stereocenters. The van der Waals surface area contributed by atoms with Gasteiger partial charge in [-0.05, 0) is 24.6 Å². The Morgan fingerprint density at radius 2 is 2.26 bits per heavy atom. The lowest BCUT2D eigenvalue weighted by Gasteiger charge is -2.14. The first-order valence-corrected chi connectivity index (χ1v) is 5.93. The first-order chi connectivity index (χ1) is 9.10. The lowest BCUT2D eigenvalue weighted by molar-refractivity contribution is -0.119. The highest BCUT2D eigenvalue weighted by Crippen LogP contribution is 2.28. The third-order valence-electron chi connectivity index (χ3n) is 2.94. The molecule has 0 bridgehead atoms. The Kier molecular flexibility index (Phi) is 3.89. The summed E-state index contributed by atoms with van der Waals surface area (Å²) in [6, 6.07) is 4.41. The molecular weight excluding hydrogens is 250 g/mol. The second-order valence-corrected chi connectivity index (χ2v) is 4.28. The van der Waals surface area contributed by atoms with Gasteiger partial charge in [-0.2, -0.15) is 0 Å². The second kappa shape index (κ2) is 5.60. The van der Waals surface area contributed by atoms with Crippen LogP contribution in [0.1, 0.15) is 23.2 Å². The van der Waals surface area contributed by atoms with Crippen LogP contribution in [0.2, 0.25) is 0 Å². The zero-order chi connectivity index (χ0) is 13.8. The van der Waals surface area contributed by atoms with Gasteiger partial charge in [0, 0.05) is 6.42 Å². The first-order valence-electron chi connectivity index (χ1n) is 5.93. The molecule has 0 saturated carbocycles. The van der Waals surface area contributed by atoms with Crippen molar-refractivity contribution in [1.82, 2.24) is 5.32 Å². The molecule has 1 fully saturated rings. The summed E-state index contributed by atoms with van der Waals surface area (Å²) >= 11 is 0. The zero-order valence-corrected chi connectivity index (χ0v) is 10.5. The van der Waals surface area contributed by atoms with Gasteiger partial charge < -0.3 is 19.9 Å². The standard InChI is InChI=1S/C13H15NO5/c1-18-11-6-8(13(16)17)2-4-10(11)19-7-9-3-5-12(15)14-9/h2,4,6,9H,3,5,7H2,1H3,(H,14,15)(H,16,17). The molecule has 1 aliphatic rings. The number of aromatic carboxylic acids is 1. The summed E-state index contributed by atoms with van der Waals surface area (Å²) in [7, 11) is 1.45. The largest absolute Gasteiger partial charge is 0.493 e. The smallest absolute Gasteiger partial charge is 0.335 e. The number of carboxylic acid groups (broad SMARTS) is 1. The molecule has 2 N–H and O–H groups in total. The number of hydrogen-bond donors (Lipinski definition) is 2. The van der Waals surface area contributed by atoms with E-state index in [2.05, 4.69) is 5.32 Å². The van der Waals surface area contributed by atoms with Crippen molar-refractivity contribution < 1.29 is 24.2 Å². The average molecular weight is 265 g/mol. The van der Waals surface area contributed by atoms with Gasteiger partial charge in [0.2, 0.25) is 5.91 Å². The van der Waals surface area contributed by atoms with Gasteiger partial charge >= 0.3 is 5.97 Å². The number of ether oxygens (including phenoxy) is 2. The Hall–Kier alpha value is -2.24. The third kappa shape index (κ3) is 3.15. The van der Waals surface area contributed by atoms with Gasteiger partial charge in [0.05, 0.1) is 18.7 Å². The van der Waals surface area contributed by atoms with Gasteiger partial charge in [0.25, 0.3) is 0 Å². The van der Waals surface area contributed by atoms with E-state index in [0.717, 1.165) is 6.42 Å². The minimum absolute atomic E-state index is 0.00337. The molecule has 1 unspecified atom stereocenters. The fourth-order valence-electron chi connectivity index (χ4n) is 1.91. The molecule has 0 aromatic heterocycles. The van der Waals surface area contributed by atoms with E-state index in [1.54, 1.807) is 6.07 Å². The topological polar surface area (TPSA) is 84.9 Å². The maximum atomic E-state index is 11.1. The number of methoxy groups -OCH3 is 1. The van der Waals surface area contributed by atoms with Crippen molar-refractivity contribution in [2.24, 2.45) is 0 Å². The Morgan fingerprint density at radius 3 is 2.84 bits per heavy atom. The van der Waals surface area contributed by atoms with Crippen molar-refractivity contribution in [2.75, 3.05) is 13.7 Å². The number of carbonyl (C=O) groups is 2. The van der Waals surface area contributed by atoms with Crippen LogP contribution >= 0.6 is 0 Å². The molecule has 0 radical (unpaired) electrons. The average Bonchev–Trinajstić information content (AvgIpc) is 2.81. The number of amides is 1. The normalized spacial score (nSPS) is 17.9. The van der Waals surface area contributed by atoms with E-state index in [9.17, 15) is 9.59 Å². The summed E-state index contributed by atoms with van der Waals surface area (Å²) in [6.45, 7) is 0.342. The van der Waals surface area contributed by atoms with E-state index >= 15 is 0 Å². The van der Waals surface area contributed by atoms with E-state index in [1.807, 2.05) is 0 Å². The number of carbonyl (C=O) groups excluding carboxylic acids is 1. The Balaban J connectivity index is 2.03. The van der Waals surface area contributed by atoms with Crippen LogP contribution in [-0.4, -0.2) is 36.7 Å². The van der Waals surface area contributed by atoms with Gasteiger partial charge in [-0.25, -0.2) is 4.79 Å². The lowest BCUT2D eigenvalue weighted by atomic mass is 10.2. The van der Waals surface area contributed by atoms with Crippen molar-refractivity contribution in [3.63, 3.8) is 0 Å². The highest BCUT2D eigenvalue weighted by molar-refractivity contribution is 5.88. The fourth-order valence-corrected chi connectivity index (χ4v) is 1.91. The van der Waals surface area contributed by atoms with Crippen LogP contribution in [0.15, 0.2) is 18.2 Å². The van der Waals surface area contributed by atoms with Crippen molar-refractivity contribution in [3.8, 4) is 11.5 Å².